The zero-order valence-corrected chi connectivity index (χ0v) is 22.4. The molecule has 0 saturated carbocycles. The van der Waals surface area contributed by atoms with Crippen molar-refractivity contribution in [2.45, 2.75) is 32.7 Å². The van der Waals surface area contributed by atoms with Crippen LogP contribution in [0.1, 0.15) is 41.8 Å². The summed E-state index contributed by atoms with van der Waals surface area (Å²) in [6, 6.07) is 19.7. The average molecular weight is 549 g/mol. The third-order valence-corrected chi connectivity index (χ3v) is 7.40. The van der Waals surface area contributed by atoms with Gasteiger partial charge in [0.05, 0.1) is 21.9 Å². The monoisotopic (exact) mass is 548 g/mol. The number of aromatic nitrogens is 2. The number of rotatable bonds is 7. The van der Waals surface area contributed by atoms with Gasteiger partial charge in [-0.3, -0.25) is 19.7 Å². The lowest BCUT2D eigenvalue weighted by molar-refractivity contribution is -0.384. The lowest BCUT2D eigenvalue weighted by Gasteiger charge is -2.26. The van der Waals surface area contributed by atoms with Gasteiger partial charge in [0, 0.05) is 60.3 Å². The first-order valence-electron chi connectivity index (χ1n) is 13.5. The van der Waals surface area contributed by atoms with Crippen LogP contribution in [-0.2, 0) is 16.1 Å². The Hall–Kier alpha value is -5.25. The molecule has 41 heavy (non-hydrogen) atoms. The highest BCUT2D eigenvalue weighted by atomic mass is 16.6. The number of nitro groups is 1. The van der Waals surface area contributed by atoms with Crippen LogP contribution in [0.4, 0.5) is 17.1 Å². The van der Waals surface area contributed by atoms with E-state index in [0.29, 0.717) is 35.5 Å². The first kappa shape index (κ1) is 26.0. The van der Waals surface area contributed by atoms with Crippen LogP contribution in [0.2, 0.25) is 0 Å². The number of hydrogen-bond acceptors (Lipinski definition) is 6. The van der Waals surface area contributed by atoms with Crippen LogP contribution in [0.15, 0.2) is 72.9 Å². The van der Waals surface area contributed by atoms with E-state index in [1.165, 1.54) is 12.1 Å². The largest absolute Gasteiger partial charge is 0.354 e. The van der Waals surface area contributed by atoms with Gasteiger partial charge in [0.2, 0.25) is 5.91 Å². The van der Waals surface area contributed by atoms with Crippen LogP contribution < -0.4 is 10.6 Å². The Bertz CT molecular complexity index is 1690. The van der Waals surface area contributed by atoms with Gasteiger partial charge in [0.25, 0.3) is 11.6 Å². The average Bonchev–Trinajstić information content (AvgIpc) is 3.55. The van der Waals surface area contributed by atoms with Gasteiger partial charge in [-0.1, -0.05) is 36.4 Å². The molecule has 10 nitrogen and oxygen atoms in total. The minimum Gasteiger partial charge on any atom is -0.354 e. The lowest BCUT2D eigenvalue weighted by Crippen LogP contribution is -2.34. The molecule has 6 rings (SSSR count). The van der Waals surface area contributed by atoms with Gasteiger partial charge in [-0.05, 0) is 49.1 Å². The van der Waals surface area contributed by atoms with Crippen molar-refractivity contribution < 1.29 is 14.5 Å². The second-order valence-electron chi connectivity index (χ2n) is 10.2. The maximum atomic E-state index is 13.3. The number of aryl methyl sites for hydroxylation is 1. The van der Waals surface area contributed by atoms with Gasteiger partial charge in [-0.25, -0.2) is 4.98 Å². The number of carbonyl (C=O) groups is 2. The zero-order chi connectivity index (χ0) is 28.5. The molecule has 1 aromatic heterocycles. The molecule has 3 N–H and O–H groups in total. The molecule has 0 unspecified atom stereocenters. The predicted molar refractivity (Wildman–Crippen MR) is 157 cm³/mol. The first-order chi connectivity index (χ1) is 19.9. The number of non-ortho nitro benzene ring substituents is 1. The number of nitrogens with zero attached hydrogens (tertiary/aromatic N) is 3. The number of carbonyl (C=O) groups excluding carboxylic acids is 2. The molecule has 0 bridgehead atoms. The molecular formula is C31H28N6O4. The van der Waals surface area contributed by atoms with Gasteiger partial charge < -0.3 is 20.5 Å². The van der Waals surface area contributed by atoms with E-state index in [4.69, 9.17) is 0 Å². The summed E-state index contributed by atoms with van der Waals surface area (Å²) in [7, 11) is 0. The highest BCUT2D eigenvalue weighted by Gasteiger charge is 2.30. The number of amides is 2. The fraction of sp³-hybridized carbons (Fsp3) is 0.194. The van der Waals surface area contributed by atoms with E-state index in [0.717, 1.165) is 53.3 Å². The van der Waals surface area contributed by atoms with Crippen LogP contribution >= 0.6 is 0 Å². The zero-order valence-electron chi connectivity index (χ0n) is 22.4. The fourth-order valence-electron chi connectivity index (χ4n) is 5.26. The molecule has 2 aliphatic rings. The Balaban J connectivity index is 1.38. The molecule has 0 spiro atoms. The quantitative estimate of drug-likeness (QED) is 0.153. The number of anilines is 2. The maximum Gasteiger partial charge on any atom is 0.270 e. The normalized spacial score (nSPS) is 15.9. The van der Waals surface area contributed by atoms with Crippen molar-refractivity contribution in [2.75, 3.05) is 17.2 Å². The number of fused-ring (bicyclic) bond motifs is 1. The minimum atomic E-state index is -0.472. The van der Waals surface area contributed by atoms with Gasteiger partial charge in [-0.15, -0.1) is 0 Å². The number of piperidine rings is 1. The van der Waals surface area contributed by atoms with E-state index in [1.54, 1.807) is 6.07 Å². The van der Waals surface area contributed by atoms with Crippen molar-refractivity contribution in [1.29, 1.82) is 0 Å². The minimum absolute atomic E-state index is 0.0997. The summed E-state index contributed by atoms with van der Waals surface area (Å²) in [4.78, 5) is 46.1. The maximum absolute atomic E-state index is 13.3. The number of H-pyrrole nitrogens is 1. The van der Waals surface area contributed by atoms with Crippen molar-refractivity contribution in [3.05, 3.63) is 106 Å². The molecule has 10 heteroatoms. The SMILES string of the molecule is Cc1nc(-c2ccc(NC(=C3C(=O)Nc4ccc([N+](=O)[O-])cc43)c3ccc(CN4CCCCC4=O)cc3)cc2)c[nH]1. The summed E-state index contributed by atoms with van der Waals surface area (Å²) in [6.45, 7) is 3.17. The molecular weight excluding hydrogens is 520 g/mol. The van der Waals surface area contributed by atoms with Crippen molar-refractivity contribution in [1.82, 2.24) is 14.9 Å². The third kappa shape index (κ3) is 5.31. The topological polar surface area (TPSA) is 133 Å². The highest BCUT2D eigenvalue weighted by molar-refractivity contribution is 6.37. The number of aromatic amines is 1. The molecule has 3 aromatic carbocycles. The van der Waals surface area contributed by atoms with Crippen molar-refractivity contribution in [3.8, 4) is 11.3 Å². The molecule has 2 amide bonds. The van der Waals surface area contributed by atoms with Crippen molar-refractivity contribution in [2.24, 2.45) is 0 Å². The molecule has 0 radical (unpaired) electrons. The Morgan fingerprint density at radius 3 is 2.51 bits per heavy atom. The molecule has 0 aliphatic carbocycles. The number of nitro benzene ring substituents is 1. The Morgan fingerprint density at radius 1 is 1.05 bits per heavy atom. The first-order valence-corrected chi connectivity index (χ1v) is 13.5. The summed E-state index contributed by atoms with van der Waals surface area (Å²) in [5.74, 6) is 0.635. The van der Waals surface area contributed by atoms with E-state index >= 15 is 0 Å². The number of imidazole rings is 1. The standard InChI is InChI=1S/C31H28N6O4/c1-19-32-17-27(33-19)21-9-11-23(12-10-21)34-30(29-25-16-24(37(40)41)13-14-26(25)35-31(29)39)22-7-5-20(6-8-22)18-36-15-3-2-4-28(36)38/h5-14,16-17,34H,2-4,15,18H2,1H3,(H,32,33)(H,35,39). The second kappa shape index (κ2) is 10.7. The molecule has 3 heterocycles. The second-order valence-corrected chi connectivity index (χ2v) is 10.2. The van der Waals surface area contributed by atoms with Gasteiger partial charge in [0.15, 0.2) is 0 Å². The molecule has 4 aromatic rings. The van der Waals surface area contributed by atoms with Crippen molar-refractivity contribution in [3.63, 3.8) is 0 Å². The lowest BCUT2D eigenvalue weighted by atomic mass is 9.98. The summed E-state index contributed by atoms with van der Waals surface area (Å²) in [5, 5.41) is 17.8. The summed E-state index contributed by atoms with van der Waals surface area (Å²) < 4.78 is 0. The Labute approximate surface area is 236 Å². The van der Waals surface area contributed by atoms with Gasteiger partial charge in [0.1, 0.15) is 5.82 Å². The van der Waals surface area contributed by atoms with Crippen LogP contribution in [0.25, 0.3) is 22.5 Å². The van der Waals surface area contributed by atoms with E-state index < -0.39 is 4.92 Å². The smallest absolute Gasteiger partial charge is 0.270 e. The van der Waals surface area contributed by atoms with E-state index in [2.05, 4.69) is 20.6 Å². The fourth-order valence-corrected chi connectivity index (χ4v) is 5.26. The number of hydrogen-bond donors (Lipinski definition) is 3. The van der Waals surface area contributed by atoms with Crippen LogP contribution in [0.3, 0.4) is 0 Å². The van der Waals surface area contributed by atoms with Crippen LogP contribution in [0, 0.1) is 17.0 Å². The third-order valence-electron chi connectivity index (χ3n) is 7.40. The van der Waals surface area contributed by atoms with E-state index in [1.807, 2.05) is 66.6 Å². The number of nitrogens with one attached hydrogen (secondary N) is 3. The van der Waals surface area contributed by atoms with Crippen LogP contribution in [-0.4, -0.2) is 38.2 Å². The summed E-state index contributed by atoms with van der Waals surface area (Å²) in [6.07, 6.45) is 4.36. The molecule has 1 saturated heterocycles. The Morgan fingerprint density at radius 2 is 1.83 bits per heavy atom. The molecule has 2 aliphatic heterocycles. The van der Waals surface area contributed by atoms with E-state index in [9.17, 15) is 19.7 Å². The summed E-state index contributed by atoms with van der Waals surface area (Å²) >= 11 is 0. The van der Waals surface area contributed by atoms with Crippen molar-refractivity contribution >= 4 is 40.1 Å². The molecule has 1 fully saturated rings. The number of likely N-dealkylation sites (tertiary alicyclic amines) is 1. The molecule has 206 valence electrons. The number of benzene rings is 3. The van der Waals surface area contributed by atoms with Gasteiger partial charge >= 0.3 is 0 Å². The van der Waals surface area contributed by atoms with Gasteiger partial charge in [-0.2, -0.15) is 0 Å². The molecule has 0 atom stereocenters. The van der Waals surface area contributed by atoms with E-state index in [-0.39, 0.29) is 17.5 Å². The predicted octanol–water partition coefficient (Wildman–Crippen LogP) is 5.74. The Kier molecular flexibility index (Phi) is 6.80. The highest BCUT2D eigenvalue weighted by Crippen LogP contribution is 2.39. The van der Waals surface area contributed by atoms with Crippen LogP contribution in [0.5, 0.6) is 0 Å². The summed E-state index contributed by atoms with van der Waals surface area (Å²) in [5.41, 5.74) is 5.92.